The first-order valence-electron chi connectivity index (χ1n) is 11.2. The predicted octanol–water partition coefficient (Wildman–Crippen LogP) is 3.91. The Labute approximate surface area is 211 Å². The molecule has 1 heterocycles. The number of aromatic nitrogens is 1. The lowest BCUT2D eigenvalue weighted by Crippen LogP contribution is -2.23. The van der Waals surface area contributed by atoms with Crippen molar-refractivity contribution in [1.29, 1.82) is 0 Å². The smallest absolute Gasteiger partial charge is 0.352 e. The number of aromatic amines is 1. The number of hydrogen-bond acceptors (Lipinski definition) is 6. The van der Waals surface area contributed by atoms with E-state index in [1.54, 1.807) is 0 Å². The highest BCUT2D eigenvalue weighted by Gasteiger charge is 2.34. The monoisotopic (exact) mass is 533 g/mol. The van der Waals surface area contributed by atoms with Crippen molar-refractivity contribution >= 4 is 55.8 Å². The molecule has 1 aliphatic carbocycles. The minimum atomic E-state index is -4.14. The van der Waals surface area contributed by atoms with E-state index in [0.29, 0.717) is 18.4 Å². The molecule has 3 aromatic rings. The van der Waals surface area contributed by atoms with Gasteiger partial charge >= 0.3 is 5.97 Å². The molecule has 0 atom stereocenters. The molecule has 2 amide bonds. The number of phenols is 1. The van der Waals surface area contributed by atoms with Gasteiger partial charge in [-0.05, 0) is 37.1 Å². The third-order valence-corrected chi connectivity index (χ3v) is 8.43. The minimum absolute atomic E-state index is 0.111. The maximum atomic E-state index is 13.3. The number of halogens is 1. The molecular formula is C24H24ClN3O7S. The Bertz CT molecular complexity index is 1520. The maximum Gasteiger partial charge on any atom is 0.352 e. The van der Waals surface area contributed by atoms with Crippen LogP contribution in [0.5, 0.6) is 5.75 Å². The molecule has 0 unspecified atom stereocenters. The fraction of sp³-hybridized carbons (Fsp3) is 0.292. The van der Waals surface area contributed by atoms with Gasteiger partial charge < -0.3 is 26.2 Å². The highest BCUT2D eigenvalue weighted by molar-refractivity contribution is 7.91. The van der Waals surface area contributed by atoms with Gasteiger partial charge in [-0.1, -0.05) is 31.4 Å². The molecule has 0 saturated heterocycles. The predicted molar refractivity (Wildman–Crippen MR) is 134 cm³/mol. The average Bonchev–Trinajstić information content (AvgIpc) is 3.48. The first kappa shape index (κ1) is 25.5. The zero-order valence-electron chi connectivity index (χ0n) is 19.2. The highest BCUT2D eigenvalue weighted by atomic mass is 35.5. The summed E-state index contributed by atoms with van der Waals surface area (Å²) < 4.78 is 26.5. The number of carboxylic acid groups (broad SMARTS) is 1. The van der Waals surface area contributed by atoms with Gasteiger partial charge in [0.05, 0.1) is 21.9 Å². The number of rotatable bonds is 7. The van der Waals surface area contributed by atoms with E-state index in [1.807, 2.05) is 0 Å². The number of anilines is 1. The van der Waals surface area contributed by atoms with Crippen molar-refractivity contribution < 1.29 is 33.0 Å². The molecule has 36 heavy (non-hydrogen) atoms. The third kappa shape index (κ3) is 4.40. The summed E-state index contributed by atoms with van der Waals surface area (Å²) in [6, 6.07) is 5.40. The SMILES string of the molecule is CCS(=O)(=O)c1cc(C(N)=O)c(O)c(NC(=O)C2CCCC2)c1-c1c(C(=O)O)[nH]c2ccc(Cl)cc12. The van der Waals surface area contributed by atoms with Crippen LogP contribution in [0.3, 0.4) is 0 Å². The van der Waals surface area contributed by atoms with Gasteiger partial charge in [-0.25, -0.2) is 13.2 Å². The van der Waals surface area contributed by atoms with Crippen LogP contribution in [-0.4, -0.2) is 47.2 Å². The lowest BCUT2D eigenvalue weighted by molar-refractivity contribution is -0.119. The molecule has 12 heteroatoms. The molecule has 1 fully saturated rings. The lowest BCUT2D eigenvalue weighted by Gasteiger charge is -2.21. The first-order valence-corrected chi connectivity index (χ1v) is 13.3. The van der Waals surface area contributed by atoms with Crippen LogP contribution in [0.15, 0.2) is 29.2 Å². The number of sulfone groups is 1. The summed E-state index contributed by atoms with van der Waals surface area (Å²) in [4.78, 5) is 39.8. The highest BCUT2D eigenvalue weighted by Crippen LogP contribution is 2.47. The number of aromatic hydroxyl groups is 1. The minimum Gasteiger partial charge on any atom is -0.505 e. The van der Waals surface area contributed by atoms with Crippen molar-refractivity contribution in [2.24, 2.45) is 11.7 Å². The first-order chi connectivity index (χ1) is 17.0. The molecule has 1 saturated carbocycles. The van der Waals surface area contributed by atoms with E-state index in [4.69, 9.17) is 17.3 Å². The van der Waals surface area contributed by atoms with Crippen molar-refractivity contribution in [3.05, 3.63) is 40.5 Å². The van der Waals surface area contributed by atoms with Crippen LogP contribution in [0.25, 0.3) is 22.0 Å². The number of carboxylic acids is 1. The van der Waals surface area contributed by atoms with Crippen LogP contribution in [0, 0.1) is 5.92 Å². The van der Waals surface area contributed by atoms with Gasteiger partial charge in [-0.2, -0.15) is 0 Å². The molecule has 6 N–H and O–H groups in total. The van der Waals surface area contributed by atoms with Gasteiger partial charge in [-0.15, -0.1) is 0 Å². The van der Waals surface area contributed by atoms with Crippen LogP contribution in [0.4, 0.5) is 5.69 Å². The molecular weight excluding hydrogens is 510 g/mol. The van der Waals surface area contributed by atoms with Crippen molar-refractivity contribution in [1.82, 2.24) is 4.98 Å². The largest absolute Gasteiger partial charge is 0.505 e. The topological polar surface area (TPSA) is 180 Å². The Kier molecular flexibility index (Phi) is 6.72. The molecule has 0 aliphatic heterocycles. The summed E-state index contributed by atoms with van der Waals surface area (Å²) in [5, 5.41) is 24.1. The number of nitrogens with two attached hydrogens (primary N) is 1. The summed E-state index contributed by atoms with van der Waals surface area (Å²) in [7, 11) is -4.14. The van der Waals surface area contributed by atoms with Crippen molar-refractivity contribution in [3.8, 4) is 16.9 Å². The van der Waals surface area contributed by atoms with E-state index in [-0.39, 0.29) is 27.2 Å². The second-order valence-electron chi connectivity index (χ2n) is 8.63. The summed E-state index contributed by atoms with van der Waals surface area (Å²) in [6.45, 7) is 1.37. The number of nitrogens with one attached hydrogen (secondary N) is 2. The van der Waals surface area contributed by atoms with Gasteiger partial charge in [0.2, 0.25) is 5.91 Å². The Morgan fingerprint density at radius 3 is 2.42 bits per heavy atom. The number of carbonyl (C=O) groups is 3. The van der Waals surface area contributed by atoms with Crippen molar-refractivity contribution in [3.63, 3.8) is 0 Å². The molecule has 0 spiro atoms. The van der Waals surface area contributed by atoms with Crippen LogP contribution in [0.2, 0.25) is 5.02 Å². The number of amides is 2. The average molecular weight is 534 g/mol. The number of primary amides is 1. The van der Waals surface area contributed by atoms with E-state index in [9.17, 15) is 33.0 Å². The number of H-pyrrole nitrogens is 1. The van der Waals surface area contributed by atoms with Gasteiger partial charge in [0.25, 0.3) is 5.91 Å². The zero-order valence-corrected chi connectivity index (χ0v) is 20.8. The molecule has 0 bridgehead atoms. The molecule has 10 nitrogen and oxygen atoms in total. The van der Waals surface area contributed by atoms with Crippen LogP contribution >= 0.6 is 11.6 Å². The quantitative estimate of drug-likeness (QED) is 0.285. The molecule has 0 radical (unpaired) electrons. The number of carbonyl (C=O) groups excluding carboxylic acids is 2. The van der Waals surface area contributed by atoms with Gasteiger partial charge in [-0.3, -0.25) is 9.59 Å². The van der Waals surface area contributed by atoms with Gasteiger partial charge in [0.1, 0.15) is 5.69 Å². The van der Waals surface area contributed by atoms with E-state index in [2.05, 4.69) is 10.3 Å². The van der Waals surface area contributed by atoms with Crippen LogP contribution < -0.4 is 11.1 Å². The van der Waals surface area contributed by atoms with Crippen LogP contribution in [0.1, 0.15) is 53.5 Å². The normalized spacial score (nSPS) is 14.3. The number of hydrogen-bond donors (Lipinski definition) is 5. The van der Waals surface area contributed by atoms with Crippen molar-refractivity contribution in [2.45, 2.75) is 37.5 Å². The summed E-state index contributed by atoms with van der Waals surface area (Å²) in [6.07, 6.45) is 2.86. The van der Waals surface area contributed by atoms with Gasteiger partial charge in [0.15, 0.2) is 15.6 Å². The fourth-order valence-electron chi connectivity index (χ4n) is 4.60. The molecule has 4 rings (SSSR count). The summed E-state index contributed by atoms with van der Waals surface area (Å²) in [5.74, 6) is -4.58. The Morgan fingerprint density at radius 1 is 1.17 bits per heavy atom. The lowest BCUT2D eigenvalue weighted by atomic mass is 9.96. The zero-order chi connectivity index (χ0) is 26.4. The molecule has 1 aromatic heterocycles. The van der Waals surface area contributed by atoms with Crippen molar-refractivity contribution in [2.75, 3.05) is 11.1 Å². The molecule has 1 aliphatic rings. The van der Waals surface area contributed by atoms with Crippen LogP contribution in [-0.2, 0) is 14.6 Å². The fourth-order valence-corrected chi connectivity index (χ4v) is 5.90. The Balaban J connectivity index is 2.17. The maximum absolute atomic E-state index is 13.3. The number of benzene rings is 2. The standard InChI is InChI=1S/C24H24ClN3O7S/c1-2-36(34,35)16-10-14(22(26)30)21(29)19(28-23(31)11-5-3-4-6-11)18(16)17-13-9-12(25)7-8-15(13)27-20(17)24(32)33/h7-11,27,29H,2-6H2,1H3,(H2,26,30)(H,28,31)(H,32,33). The molecule has 190 valence electrons. The second kappa shape index (κ2) is 9.47. The molecule has 2 aromatic carbocycles. The number of fused-ring (bicyclic) bond motifs is 1. The summed E-state index contributed by atoms with van der Waals surface area (Å²) >= 11 is 6.17. The summed E-state index contributed by atoms with van der Waals surface area (Å²) in [5.41, 5.74) is 4.06. The number of aromatic carboxylic acids is 1. The van der Waals surface area contributed by atoms with Gasteiger partial charge in [0, 0.05) is 33.0 Å². The second-order valence-corrected chi connectivity index (χ2v) is 11.3. The van der Waals surface area contributed by atoms with E-state index < -0.39 is 61.2 Å². The third-order valence-electron chi connectivity index (χ3n) is 6.44. The van der Waals surface area contributed by atoms with E-state index in [0.717, 1.165) is 18.9 Å². The Hall–Kier alpha value is -3.57. The van der Waals surface area contributed by atoms with E-state index >= 15 is 0 Å². The Morgan fingerprint density at radius 2 is 1.83 bits per heavy atom. The van der Waals surface area contributed by atoms with E-state index in [1.165, 1.54) is 25.1 Å².